The van der Waals surface area contributed by atoms with Crippen molar-refractivity contribution in [2.45, 2.75) is 57.2 Å². The lowest BCUT2D eigenvalue weighted by Gasteiger charge is -2.30. The van der Waals surface area contributed by atoms with Gasteiger partial charge >= 0.3 is 0 Å². The average molecular weight is 364 g/mol. The Labute approximate surface area is 161 Å². The largest absolute Gasteiger partial charge is 0.493 e. The lowest BCUT2D eigenvalue weighted by atomic mass is 10.0. The maximum atomic E-state index is 13.2. The minimum Gasteiger partial charge on any atom is -0.493 e. The monoisotopic (exact) mass is 364 g/mol. The van der Waals surface area contributed by atoms with Crippen molar-refractivity contribution >= 4 is 5.91 Å². The molecule has 142 valence electrons. The van der Waals surface area contributed by atoms with E-state index >= 15 is 0 Å². The number of hydrogen-bond donors (Lipinski definition) is 1. The van der Waals surface area contributed by atoms with Gasteiger partial charge in [0.2, 0.25) is 5.91 Å². The third-order valence-electron chi connectivity index (χ3n) is 5.81. The fourth-order valence-electron chi connectivity index (χ4n) is 4.30. The number of nitrogens with two attached hydrogens (primary N) is 1. The molecular formula is C23H28N2O2. The van der Waals surface area contributed by atoms with Crippen LogP contribution in [-0.4, -0.2) is 23.5 Å². The first kappa shape index (κ1) is 18.1. The average Bonchev–Trinajstić information content (AvgIpc) is 3.38. The normalized spacial score (nSPS) is 17.4. The lowest BCUT2D eigenvalue weighted by molar-refractivity contribution is -0.134. The maximum absolute atomic E-state index is 13.2. The highest BCUT2D eigenvalue weighted by Crippen LogP contribution is 2.30. The Hall–Kier alpha value is -2.33. The molecular weight excluding hydrogens is 336 g/mol. The number of carbonyl (C=O) groups is 1. The molecule has 4 heteroatoms. The molecule has 2 N–H and O–H groups in total. The van der Waals surface area contributed by atoms with Gasteiger partial charge in [-0.25, -0.2) is 0 Å². The highest BCUT2D eigenvalue weighted by Gasteiger charge is 2.28. The Morgan fingerprint density at radius 1 is 1.15 bits per heavy atom. The van der Waals surface area contributed by atoms with Crippen molar-refractivity contribution in [3.05, 3.63) is 65.2 Å². The predicted molar refractivity (Wildman–Crippen MR) is 106 cm³/mol. The van der Waals surface area contributed by atoms with Crippen molar-refractivity contribution in [3.8, 4) is 5.75 Å². The summed E-state index contributed by atoms with van der Waals surface area (Å²) in [4.78, 5) is 15.3. The van der Waals surface area contributed by atoms with Gasteiger partial charge in [0.1, 0.15) is 5.75 Å². The summed E-state index contributed by atoms with van der Waals surface area (Å²) in [6.07, 6.45) is 5.92. The summed E-state index contributed by atoms with van der Waals surface area (Å²) in [6, 6.07) is 16.3. The van der Waals surface area contributed by atoms with Gasteiger partial charge in [-0.2, -0.15) is 0 Å². The third kappa shape index (κ3) is 4.16. The Kier molecular flexibility index (Phi) is 5.44. The van der Waals surface area contributed by atoms with Crippen molar-refractivity contribution in [2.75, 3.05) is 6.61 Å². The molecule has 1 amide bonds. The number of benzene rings is 2. The molecule has 4 rings (SSSR count). The van der Waals surface area contributed by atoms with E-state index in [1.807, 2.05) is 36.4 Å². The summed E-state index contributed by atoms with van der Waals surface area (Å²) in [5.41, 5.74) is 9.80. The summed E-state index contributed by atoms with van der Waals surface area (Å²) < 4.78 is 5.61. The SMILES string of the molecule is NC(CC(=O)N(Cc1ccc2c(c1)CCO2)C1CCCC1)c1ccccc1. The van der Waals surface area contributed by atoms with Crippen molar-refractivity contribution in [2.24, 2.45) is 5.73 Å². The van der Waals surface area contributed by atoms with Gasteiger partial charge in [-0.1, -0.05) is 55.3 Å². The van der Waals surface area contributed by atoms with Gasteiger partial charge in [0.25, 0.3) is 0 Å². The van der Waals surface area contributed by atoms with E-state index in [1.54, 1.807) is 0 Å². The van der Waals surface area contributed by atoms with Crippen LogP contribution >= 0.6 is 0 Å². The highest BCUT2D eigenvalue weighted by molar-refractivity contribution is 5.77. The van der Waals surface area contributed by atoms with Crippen LogP contribution in [0.4, 0.5) is 0 Å². The number of rotatable bonds is 6. The number of ether oxygens (including phenoxy) is 1. The molecule has 0 saturated heterocycles. The van der Waals surface area contributed by atoms with Crippen LogP contribution in [0.1, 0.15) is 54.8 Å². The molecule has 0 spiro atoms. The van der Waals surface area contributed by atoms with E-state index in [1.165, 1.54) is 24.0 Å². The molecule has 1 atom stereocenters. The molecule has 0 bridgehead atoms. The first-order valence-electron chi connectivity index (χ1n) is 10.1. The van der Waals surface area contributed by atoms with Crippen molar-refractivity contribution in [1.82, 2.24) is 4.90 Å². The second-order valence-electron chi connectivity index (χ2n) is 7.72. The fourth-order valence-corrected chi connectivity index (χ4v) is 4.30. The Morgan fingerprint density at radius 3 is 2.70 bits per heavy atom. The molecule has 27 heavy (non-hydrogen) atoms. The summed E-state index contributed by atoms with van der Waals surface area (Å²) in [6.45, 7) is 1.42. The molecule has 1 fully saturated rings. The molecule has 1 heterocycles. The number of amides is 1. The van der Waals surface area contributed by atoms with Crippen LogP contribution in [0, 0.1) is 0 Å². The Bertz CT molecular complexity index is 784. The summed E-state index contributed by atoms with van der Waals surface area (Å²) in [5, 5.41) is 0. The summed E-state index contributed by atoms with van der Waals surface area (Å²) >= 11 is 0. The van der Waals surface area contributed by atoms with Gasteiger partial charge in [-0.15, -0.1) is 0 Å². The van der Waals surface area contributed by atoms with Gasteiger partial charge in [0.15, 0.2) is 0 Å². The van der Waals surface area contributed by atoms with Gasteiger partial charge in [0.05, 0.1) is 6.61 Å². The van der Waals surface area contributed by atoms with E-state index in [2.05, 4.69) is 17.0 Å². The quantitative estimate of drug-likeness (QED) is 0.843. The van der Waals surface area contributed by atoms with Gasteiger partial charge in [0, 0.05) is 31.5 Å². The van der Waals surface area contributed by atoms with Crippen LogP contribution in [0.3, 0.4) is 0 Å². The molecule has 2 aliphatic rings. The van der Waals surface area contributed by atoms with Crippen LogP contribution in [0.2, 0.25) is 0 Å². The smallest absolute Gasteiger partial charge is 0.225 e. The van der Waals surface area contributed by atoms with Gasteiger partial charge < -0.3 is 15.4 Å². The van der Waals surface area contributed by atoms with E-state index in [4.69, 9.17) is 10.5 Å². The fraction of sp³-hybridized carbons (Fsp3) is 0.435. The van der Waals surface area contributed by atoms with E-state index in [0.717, 1.165) is 37.2 Å². The van der Waals surface area contributed by atoms with Gasteiger partial charge in [-0.3, -0.25) is 4.79 Å². The zero-order valence-electron chi connectivity index (χ0n) is 15.8. The number of nitrogens with zero attached hydrogens (tertiary/aromatic N) is 1. The molecule has 0 aromatic heterocycles. The summed E-state index contributed by atoms with van der Waals surface area (Å²) in [5.74, 6) is 1.15. The van der Waals surface area contributed by atoms with Gasteiger partial charge in [-0.05, 0) is 35.6 Å². The molecule has 0 radical (unpaired) electrons. The zero-order valence-corrected chi connectivity index (χ0v) is 15.8. The van der Waals surface area contributed by atoms with Crippen LogP contribution in [-0.2, 0) is 17.8 Å². The minimum atomic E-state index is -0.254. The summed E-state index contributed by atoms with van der Waals surface area (Å²) in [7, 11) is 0. The molecule has 2 aromatic carbocycles. The molecule has 1 aliphatic heterocycles. The first-order valence-corrected chi connectivity index (χ1v) is 10.1. The van der Waals surface area contributed by atoms with E-state index in [9.17, 15) is 4.79 Å². The molecule has 1 unspecified atom stereocenters. The standard InChI is InChI=1S/C23H28N2O2/c24-21(18-6-2-1-3-7-18)15-23(26)25(20-8-4-5-9-20)16-17-10-11-22-19(14-17)12-13-27-22/h1-3,6-7,10-11,14,20-21H,4-5,8-9,12-13,15-16,24H2. The second-order valence-corrected chi connectivity index (χ2v) is 7.72. The van der Waals surface area contributed by atoms with Crippen LogP contribution in [0.5, 0.6) is 5.75 Å². The topological polar surface area (TPSA) is 55.6 Å². The Morgan fingerprint density at radius 2 is 1.93 bits per heavy atom. The number of hydrogen-bond acceptors (Lipinski definition) is 3. The Balaban J connectivity index is 1.49. The van der Waals surface area contributed by atoms with E-state index in [-0.39, 0.29) is 11.9 Å². The first-order chi connectivity index (χ1) is 13.2. The molecule has 4 nitrogen and oxygen atoms in total. The van der Waals surface area contributed by atoms with Crippen LogP contribution in [0.15, 0.2) is 48.5 Å². The highest BCUT2D eigenvalue weighted by atomic mass is 16.5. The van der Waals surface area contributed by atoms with Crippen LogP contribution in [0.25, 0.3) is 0 Å². The van der Waals surface area contributed by atoms with E-state index < -0.39 is 0 Å². The minimum absolute atomic E-state index is 0.162. The number of carbonyl (C=O) groups excluding carboxylic acids is 1. The third-order valence-corrected chi connectivity index (χ3v) is 5.81. The van der Waals surface area contributed by atoms with E-state index in [0.29, 0.717) is 19.0 Å². The lowest BCUT2D eigenvalue weighted by Crippen LogP contribution is -2.39. The van der Waals surface area contributed by atoms with Crippen molar-refractivity contribution in [1.29, 1.82) is 0 Å². The molecule has 1 saturated carbocycles. The predicted octanol–water partition coefficient (Wildman–Crippen LogP) is 3.98. The molecule has 2 aromatic rings. The van der Waals surface area contributed by atoms with Crippen molar-refractivity contribution < 1.29 is 9.53 Å². The van der Waals surface area contributed by atoms with Crippen molar-refractivity contribution in [3.63, 3.8) is 0 Å². The van der Waals surface area contributed by atoms with Crippen LogP contribution < -0.4 is 10.5 Å². The maximum Gasteiger partial charge on any atom is 0.225 e. The second kappa shape index (κ2) is 8.13. The molecule has 1 aliphatic carbocycles. The number of fused-ring (bicyclic) bond motifs is 1. The zero-order chi connectivity index (χ0) is 18.6.